The summed E-state index contributed by atoms with van der Waals surface area (Å²) in [5.74, 6) is 0.574. The highest BCUT2D eigenvalue weighted by atomic mass is 32.2. The minimum atomic E-state index is -3.67. The summed E-state index contributed by atoms with van der Waals surface area (Å²) in [5, 5.41) is 17.7. The van der Waals surface area contributed by atoms with Crippen molar-refractivity contribution in [2.75, 3.05) is 25.7 Å². The van der Waals surface area contributed by atoms with Crippen molar-refractivity contribution in [1.82, 2.24) is 0 Å². The van der Waals surface area contributed by atoms with Gasteiger partial charge in [-0.1, -0.05) is 12.2 Å². The summed E-state index contributed by atoms with van der Waals surface area (Å²) < 4.78 is 51.7. The molecular formula is C10H22O8S2. The molecule has 1 rings (SSSR count). The van der Waals surface area contributed by atoms with Crippen LogP contribution in [0.2, 0.25) is 0 Å². The Morgan fingerprint density at radius 2 is 1.05 bits per heavy atom. The molecule has 0 bridgehead atoms. The predicted molar refractivity (Wildman–Crippen MR) is 74.5 cm³/mol. The van der Waals surface area contributed by atoms with Gasteiger partial charge in [0.1, 0.15) is 0 Å². The van der Waals surface area contributed by atoms with E-state index in [1.165, 1.54) is 0 Å². The highest BCUT2D eigenvalue weighted by molar-refractivity contribution is 7.85. The maximum absolute atomic E-state index is 9.19. The van der Waals surface area contributed by atoms with Crippen LogP contribution >= 0.6 is 0 Å². The van der Waals surface area contributed by atoms with Crippen LogP contribution in [0, 0.1) is 11.8 Å². The molecule has 0 aromatic heterocycles. The Morgan fingerprint density at radius 3 is 1.20 bits per heavy atom. The van der Waals surface area contributed by atoms with Gasteiger partial charge in [-0.25, -0.2) is 0 Å². The summed E-state index contributed by atoms with van der Waals surface area (Å²) in [5.41, 5.74) is 0. The third-order valence-corrected chi connectivity index (χ3v) is 2.18. The largest absolute Gasteiger partial charge is 0.396 e. The van der Waals surface area contributed by atoms with Crippen LogP contribution in [0.3, 0.4) is 0 Å². The third-order valence-electron chi connectivity index (χ3n) is 2.18. The summed E-state index contributed by atoms with van der Waals surface area (Å²) in [6, 6.07) is 0. The van der Waals surface area contributed by atoms with Gasteiger partial charge in [-0.05, 0) is 24.7 Å². The average Bonchev–Trinajstić information content (AvgIpc) is 2.24. The first kappa shape index (κ1) is 21.8. The van der Waals surface area contributed by atoms with Gasteiger partial charge in [0.15, 0.2) is 0 Å². The molecule has 0 saturated heterocycles. The lowest BCUT2D eigenvalue weighted by molar-refractivity contribution is 0.118. The molecule has 1 aliphatic carbocycles. The molecule has 0 spiro atoms. The van der Waals surface area contributed by atoms with Gasteiger partial charge in [0.25, 0.3) is 20.2 Å². The second-order valence-corrected chi connectivity index (χ2v) is 7.23. The van der Waals surface area contributed by atoms with Gasteiger partial charge in [0.2, 0.25) is 0 Å². The lowest BCUT2D eigenvalue weighted by atomic mass is 9.84. The SMILES string of the molecule is CS(=O)(=O)O.CS(=O)(=O)O.OC[C@@H]1CC=CC[C@H]1CO. The monoisotopic (exact) mass is 334 g/mol. The lowest BCUT2D eigenvalue weighted by Gasteiger charge is -2.24. The Morgan fingerprint density at radius 1 is 0.850 bits per heavy atom. The molecule has 10 heteroatoms. The van der Waals surface area contributed by atoms with E-state index in [-0.39, 0.29) is 25.0 Å². The third kappa shape index (κ3) is 22.6. The van der Waals surface area contributed by atoms with Gasteiger partial charge in [-0.3, -0.25) is 9.11 Å². The Bertz CT molecular complexity index is 405. The fourth-order valence-electron chi connectivity index (χ4n) is 1.37. The molecule has 2 atom stereocenters. The van der Waals surface area contributed by atoms with Crippen molar-refractivity contribution in [3.05, 3.63) is 12.2 Å². The Kier molecular flexibility index (Phi) is 11.1. The molecular weight excluding hydrogens is 312 g/mol. The fraction of sp³-hybridized carbons (Fsp3) is 0.800. The highest BCUT2D eigenvalue weighted by Gasteiger charge is 2.20. The van der Waals surface area contributed by atoms with Crippen LogP contribution in [0.1, 0.15) is 12.8 Å². The number of aliphatic hydroxyl groups is 2. The summed E-state index contributed by atoms with van der Waals surface area (Å²) >= 11 is 0. The van der Waals surface area contributed by atoms with E-state index in [1.807, 2.05) is 0 Å². The lowest BCUT2D eigenvalue weighted by Crippen LogP contribution is -2.23. The molecule has 0 aromatic rings. The van der Waals surface area contributed by atoms with Gasteiger partial charge < -0.3 is 10.2 Å². The van der Waals surface area contributed by atoms with Crippen LogP contribution in [-0.2, 0) is 20.2 Å². The number of allylic oxidation sites excluding steroid dienone is 2. The van der Waals surface area contributed by atoms with Crippen LogP contribution in [0.25, 0.3) is 0 Å². The van der Waals surface area contributed by atoms with Crippen LogP contribution < -0.4 is 0 Å². The molecule has 0 heterocycles. The number of hydrogen-bond acceptors (Lipinski definition) is 6. The van der Waals surface area contributed by atoms with Crippen molar-refractivity contribution in [3.8, 4) is 0 Å². The van der Waals surface area contributed by atoms with E-state index in [4.69, 9.17) is 19.3 Å². The maximum atomic E-state index is 9.19. The zero-order valence-corrected chi connectivity index (χ0v) is 13.0. The van der Waals surface area contributed by atoms with Crippen LogP contribution in [0.5, 0.6) is 0 Å². The standard InChI is InChI=1S/C8H14O2.2CH4O3S/c9-5-7-3-1-2-4-8(7)6-10;2*1-5(2,3)4/h1-2,7-10H,3-6H2;2*1H3,(H,2,3,4)/t7-,8-;;/m0../s1. The first-order valence-electron chi connectivity index (χ1n) is 5.60. The number of rotatable bonds is 2. The van der Waals surface area contributed by atoms with Gasteiger partial charge in [-0.15, -0.1) is 0 Å². The quantitative estimate of drug-likeness (QED) is 0.392. The molecule has 4 N–H and O–H groups in total. The van der Waals surface area contributed by atoms with Crippen molar-refractivity contribution in [1.29, 1.82) is 0 Å². The normalized spacial score (nSPS) is 22.1. The smallest absolute Gasteiger partial charge is 0.261 e. The van der Waals surface area contributed by atoms with E-state index in [0.29, 0.717) is 12.5 Å². The molecule has 0 amide bonds. The Hall–Kier alpha value is -0.520. The van der Waals surface area contributed by atoms with E-state index >= 15 is 0 Å². The van der Waals surface area contributed by atoms with E-state index < -0.39 is 20.2 Å². The Balaban J connectivity index is 0. The maximum Gasteiger partial charge on any atom is 0.261 e. The molecule has 20 heavy (non-hydrogen) atoms. The molecule has 0 fully saturated rings. The van der Waals surface area contributed by atoms with Gasteiger partial charge in [0, 0.05) is 13.2 Å². The predicted octanol–water partition coefficient (Wildman–Crippen LogP) is -0.439. The molecule has 0 saturated carbocycles. The van der Waals surface area contributed by atoms with Crippen molar-refractivity contribution < 1.29 is 36.2 Å². The molecule has 1 aliphatic rings. The van der Waals surface area contributed by atoms with Gasteiger partial charge in [0.05, 0.1) is 12.5 Å². The minimum Gasteiger partial charge on any atom is -0.396 e. The topological polar surface area (TPSA) is 149 Å². The molecule has 122 valence electrons. The zero-order chi connectivity index (χ0) is 16.4. The Labute approximate surface area is 119 Å². The van der Waals surface area contributed by atoms with Crippen LogP contribution in [0.15, 0.2) is 12.2 Å². The van der Waals surface area contributed by atoms with Gasteiger partial charge >= 0.3 is 0 Å². The van der Waals surface area contributed by atoms with Crippen LogP contribution in [0.4, 0.5) is 0 Å². The average molecular weight is 334 g/mol. The summed E-state index contributed by atoms with van der Waals surface area (Å²) in [6.07, 6.45) is 7.42. The van der Waals surface area contributed by atoms with E-state index in [0.717, 1.165) is 12.8 Å². The van der Waals surface area contributed by atoms with Crippen molar-refractivity contribution in [3.63, 3.8) is 0 Å². The highest BCUT2D eigenvalue weighted by Crippen LogP contribution is 2.23. The molecule has 8 nitrogen and oxygen atoms in total. The number of hydrogen-bond donors (Lipinski definition) is 4. The minimum absolute atomic E-state index is 0.204. The summed E-state index contributed by atoms with van der Waals surface area (Å²) in [6.45, 7) is 0.408. The van der Waals surface area contributed by atoms with Crippen LogP contribution in [-0.4, -0.2) is 61.9 Å². The first-order valence-corrected chi connectivity index (χ1v) is 9.29. The van der Waals surface area contributed by atoms with E-state index in [9.17, 15) is 16.8 Å². The van der Waals surface area contributed by atoms with E-state index in [1.54, 1.807) is 0 Å². The molecule has 0 aromatic carbocycles. The van der Waals surface area contributed by atoms with Crippen molar-refractivity contribution in [2.24, 2.45) is 11.8 Å². The first-order chi connectivity index (χ1) is 8.88. The van der Waals surface area contributed by atoms with Gasteiger partial charge in [-0.2, -0.15) is 16.8 Å². The van der Waals surface area contributed by atoms with E-state index in [2.05, 4.69) is 12.2 Å². The molecule has 0 unspecified atom stereocenters. The second-order valence-electron chi connectivity index (χ2n) is 4.29. The van der Waals surface area contributed by atoms with Crippen molar-refractivity contribution in [2.45, 2.75) is 12.8 Å². The number of aliphatic hydroxyl groups excluding tert-OH is 2. The molecule has 0 radical (unpaired) electrons. The molecule has 0 aliphatic heterocycles. The summed E-state index contributed by atoms with van der Waals surface area (Å²) in [7, 11) is -7.33. The zero-order valence-electron chi connectivity index (χ0n) is 11.4. The van der Waals surface area contributed by atoms with Crippen molar-refractivity contribution >= 4 is 20.2 Å². The fourth-order valence-corrected chi connectivity index (χ4v) is 1.37. The summed E-state index contributed by atoms with van der Waals surface area (Å²) in [4.78, 5) is 0. The second kappa shape index (κ2) is 10.2.